The number of nitrogens with zero attached hydrogens (tertiary/aromatic N) is 2. The summed E-state index contributed by atoms with van der Waals surface area (Å²) in [5.74, 6) is 0. The zero-order chi connectivity index (χ0) is 13.6. The number of rotatable bonds is 8. The molecule has 0 bridgehead atoms. The highest BCUT2D eigenvalue weighted by atomic mass is 16.1. The summed E-state index contributed by atoms with van der Waals surface area (Å²) in [6, 6.07) is 0.693. The molecule has 0 saturated carbocycles. The van der Waals surface area contributed by atoms with Crippen molar-refractivity contribution in [1.82, 2.24) is 9.80 Å². The predicted octanol–water partition coefficient (Wildman–Crippen LogP) is 2.41. The Labute approximate surface area is 113 Å². The second-order valence-corrected chi connectivity index (χ2v) is 5.81. The highest BCUT2D eigenvalue weighted by molar-refractivity contribution is 5.59. The van der Waals surface area contributed by atoms with Crippen LogP contribution < -0.4 is 0 Å². The van der Waals surface area contributed by atoms with Crippen molar-refractivity contribution < 1.29 is 4.79 Å². The standard InChI is InChI=1S/C15H30N2O/c1-5-15(6-2,13-18)12-16(4)11-14-9-8-10-17(14)7-3/h13-14H,5-12H2,1-4H3. The fourth-order valence-electron chi connectivity index (χ4n) is 3.16. The Morgan fingerprint density at radius 2 is 2.00 bits per heavy atom. The van der Waals surface area contributed by atoms with Crippen LogP contribution in [-0.2, 0) is 4.79 Å². The van der Waals surface area contributed by atoms with E-state index in [-0.39, 0.29) is 5.41 Å². The van der Waals surface area contributed by atoms with Gasteiger partial charge in [0.05, 0.1) is 0 Å². The van der Waals surface area contributed by atoms with Crippen molar-refractivity contribution in [2.45, 2.75) is 52.5 Å². The number of hydrogen-bond donors (Lipinski definition) is 0. The van der Waals surface area contributed by atoms with Gasteiger partial charge in [0.2, 0.25) is 0 Å². The van der Waals surface area contributed by atoms with Gasteiger partial charge in [0.25, 0.3) is 0 Å². The average molecular weight is 254 g/mol. The monoisotopic (exact) mass is 254 g/mol. The van der Waals surface area contributed by atoms with E-state index in [4.69, 9.17) is 0 Å². The Kier molecular flexibility index (Phi) is 6.30. The molecule has 0 radical (unpaired) electrons. The first kappa shape index (κ1) is 15.6. The first-order valence-corrected chi connectivity index (χ1v) is 7.49. The van der Waals surface area contributed by atoms with Gasteiger partial charge in [-0.15, -0.1) is 0 Å². The maximum atomic E-state index is 11.3. The van der Waals surface area contributed by atoms with Crippen LogP contribution in [0, 0.1) is 5.41 Å². The quantitative estimate of drug-likeness (QED) is 0.622. The van der Waals surface area contributed by atoms with Gasteiger partial charge in [-0.2, -0.15) is 0 Å². The summed E-state index contributed by atoms with van der Waals surface area (Å²) in [4.78, 5) is 16.3. The SMILES string of the molecule is CCN1CCCC1CN(C)CC(C=O)(CC)CC. The summed E-state index contributed by atoms with van der Waals surface area (Å²) in [5.41, 5.74) is -0.135. The largest absolute Gasteiger partial charge is 0.304 e. The second-order valence-electron chi connectivity index (χ2n) is 5.81. The van der Waals surface area contributed by atoms with E-state index in [9.17, 15) is 4.79 Å². The molecule has 0 aromatic heterocycles. The summed E-state index contributed by atoms with van der Waals surface area (Å²) < 4.78 is 0. The van der Waals surface area contributed by atoms with E-state index < -0.39 is 0 Å². The van der Waals surface area contributed by atoms with E-state index in [1.165, 1.54) is 25.7 Å². The second kappa shape index (κ2) is 7.25. The minimum absolute atomic E-state index is 0.135. The molecule has 1 heterocycles. The lowest BCUT2D eigenvalue weighted by atomic mass is 9.83. The predicted molar refractivity (Wildman–Crippen MR) is 76.8 cm³/mol. The van der Waals surface area contributed by atoms with Gasteiger partial charge in [-0.3, -0.25) is 4.90 Å². The smallest absolute Gasteiger partial charge is 0.127 e. The minimum atomic E-state index is -0.135. The number of aldehydes is 1. The summed E-state index contributed by atoms with van der Waals surface area (Å²) >= 11 is 0. The average Bonchev–Trinajstić information content (AvgIpc) is 2.83. The Morgan fingerprint density at radius 3 is 2.50 bits per heavy atom. The molecule has 3 nitrogen and oxygen atoms in total. The maximum Gasteiger partial charge on any atom is 0.127 e. The van der Waals surface area contributed by atoms with Crippen LogP contribution in [0.4, 0.5) is 0 Å². The van der Waals surface area contributed by atoms with Gasteiger partial charge in [0, 0.05) is 24.5 Å². The fourth-order valence-corrected chi connectivity index (χ4v) is 3.16. The van der Waals surface area contributed by atoms with Crippen molar-refractivity contribution in [2.24, 2.45) is 5.41 Å². The molecule has 0 amide bonds. The first-order valence-electron chi connectivity index (χ1n) is 7.49. The van der Waals surface area contributed by atoms with Crippen LogP contribution in [0.5, 0.6) is 0 Å². The Morgan fingerprint density at radius 1 is 1.33 bits per heavy atom. The van der Waals surface area contributed by atoms with E-state index >= 15 is 0 Å². The molecule has 0 aliphatic carbocycles. The third kappa shape index (κ3) is 3.79. The molecular formula is C15H30N2O. The molecule has 1 aliphatic rings. The summed E-state index contributed by atoms with van der Waals surface area (Å²) in [5, 5.41) is 0. The van der Waals surface area contributed by atoms with E-state index in [1.54, 1.807) is 0 Å². The van der Waals surface area contributed by atoms with Crippen molar-refractivity contribution >= 4 is 6.29 Å². The van der Waals surface area contributed by atoms with Crippen molar-refractivity contribution in [1.29, 1.82) is 0 Å². The molecule has 1 unspecified atom stereocenters. The first-order chi connectivity index (χ1) is 8.60. The van der Waals surface area contributed by atoms with Crippen LogP contribution in [0.3, 0.4) is 0 Å². The summed E-state index contributed by atoms with van der Waals surface area (Å²) in [7, 11) is 2.16. The van der Waals surface area contributed by atoms with Crippen LogP contribution in [0.1, 0.15) is 46.5 Å². The lowest BCUT2D eigenvalue weighted by Crippen LogP contribution is -2.43. The van der Waals surface area contributed by atoms with Gasteiger partial charge < -0.3 is 9.69 Å². The number of carbonyl (C=O) groups is 1. The van der Waals surface area contributed by atoms with E-state index in [0.717, 1.165) is 32.5 Å². The van der Waals surface area contributed by atoms with Crippen LogP contribution in [0.15, 0.2) is 0 Å². The molecule has 1 fully saturated rings. The third-order valence-electron chi connectivity index (χ3n) is 4.67. The van der Waals surface area contributed by atoms with Gasteiger partial charge >= 0.3 is 0 Å². The zero-order valence-electron chi connectivity index (χ0n) is 12.6. The Bertz CT molecular complexity index is 251. The Hall–Kier alpha value is -0.410. The van der Waals surface area contributed by atoms with Gasteiger partial charge in [-0.25, -0.2) is 0 Å². The molecule has 0 spiro atoms. The number of likely N-dealkylation sites (N-methyl/N-ethyl adjacent to an activating group) is 2. The van der Waals surface area contributed by atoms with Gasteiger partial charge in [-0.05, 0) is 45.8 Å². The zero-order valence-corrected chi connectivity index (χ0v) is 12.6. The fraction of sp³-hybridized carbons (Fsp3) is 0.933. The molecule has 0 aromatic carbocycles. The highest BCUT2D eigenvalue weighted by Gasteiger charge is 2.30. The highest BCUT2D eigenvalue weighted by Crippen LogP contribution is 2.25. The molecule has 18 heavy (non-hydrogen) atoms. The number of carbonyl (C=O) groups excluding carboxylic acids is 1. The van der Waals surface area contributed by atoms with Crippen molar-refractivity contribution in [3.63, 3.8) is 0 Å². The lowest BCUT2D eigenvalue weighted by molar-refractivity contribution is -0.117. The summed E-state index contributed by atoms with van der Waals surface area (Å²) in [6.45, 7) is 10.9. The maximum absolute atomic E-state index is 11.3. The lowest BCUT2D eigenvalue weighted by Gasteiger charge is -2.34. The van der Waals surface area contributed by atoms with Crippen LogP contribution in [0.2, 0.25) is 0 Å². The topological polar surface area (TPSA) is 23.6 Å². The van der Waals surface area contributed by atoms with Crippen LogP contribution >= 0.6 is 0 Å². The molecule has 3 heteroatoms. The van der Waals surface area contributed by atoms with Gasteiger partial charge in [-0.1, -0.05) is 20.8 Å². The van der Waals surface area contributed by atoms with E-state index in [2.05, 4.69) is 37.6 Å². The van der Waals surface area contributed by atoms with Crippen molar-refractivity contribution in [3.8, 4) is 0 Å². The number of likely N-dealkylation sites (tertiary alicyclic amines) is 1. The van der Waals surface area contributed by atoms with Crippen LogP contribution in [0.25, 0.3) is 0 Å². The normalized spacial score (nSPS) is 21.7. The molecule has 1 saturated heterocycles. The Balaban J connectivity index is 2.49. The molecule has 106 valence electrons. The minimum Gasteiger partial charge on any atom is -0.304 e. The van der Waals surface area contributed by atoms with Crippen LogP contribution in [-0.4, -0.2) is 55.4 Å². The molecule has 1 aliphatic heterocycles. The summed E-state index contributed by atoms with van der Waals surface area (Å²) in [6.07, 6.45) is 5.70. The molecule has 1 atom stereocenters. The molecular weight excluding hydrogens is 224 g/mol. The van der Waals surface area contributed by atoms with E-state index in [1.807, 2.05) is 0 Å². The molecule has 0 N–H and O–H groups in total. The molecule has 0 aromatic rings. The number of hydrogen-bond acceptors (Lipinski definition) is 3. The van der Waals surface area contributed by atoms with Gasteiger partial charge in [0.1, 0.15) is 6.29 Å². The molecule has 1 rings (SSSR count). The van der Waals surface area contributed by atoms with Gasteiger partial charge in [0.15, 0.2) is 0 Å². The van der Waals surface area contributed by atoms with E-state index in [0.29, 0.717) is 6.04 Å². The van der Waals surface area contributed by atoms with Crippen molar-refractivity contribution in [3.05, 3.63) is 0 Å². The third-order valence-corrected chi connectivity index (χ3v) is 4.67. The van der Waals surface area contributed by atoms with Crippen molar-refractivity contribution in [2.75, 3.05) is 33.2 Å².